The fourth-order valence-electron chi connectivity index (χ4n) is 6.91. The van der Waals surface area contributed by atoms with Crippen LogP contribution in [0.1, 0.15) is 42.1 Å². The molecule has 0 bridgehead atoms. The molecule has 1 aliphatic heterocycles. The van der Waals surface area contributed by atoms with Crippen molar-refractivity contribution in [3.8, 4) is 11.1 Å². The average Bonchev–Trinajstić information content (AvgIpc) is 3.25. The van der Waals surface area contributed by atoms with Crippen LogP contribution in [0.3, 0.4) is 0 Å². The predicted molar refractivity (Wildman–Crippen MR) is 170 cm³/mol. The Balaban J connectivity index is 1.33. The molecule has 44 heavy (non-hydrogen) atoms. The molecule has 2 unspecified atom stereocenters. The number of aryl methyl sites for hydroxylation is 2. The van der Waals surface area contributed by atoms with Crippen molar-refractivity contribution >= 4 is 50.2 Å². The summed E-state index contributed by atoms with van der Waals surface area (Å²) in [6, 6.07) is 8.62. The molecule has 4 aromatic rings. The predicted octanol–water partition coefficient (Wildman–Crippen LogP) is 4.28. The largest absolute Gasteiger partial charge is 0.325 e. The Labute approximate surface area is 264 Å². The van der Waals surface area contributed by atoms with Crippen LogP contribution in [0.15, 0.2) is 47.3 Å². The van der Waals surface area contributed by atoms with E-state index in [2.05, 4.69) is 53.1 Å². The summed E-state index contributed by atoms with van der Waals surface area (Å²) in [5.41, 5.74) is 3.27. The quantitative estimate of drug-likeness (QED) is 0.220. The Kier molecular flexibility index (Phi) is 7.61. The number of rotatable bonds is 8. The van der Waals surface area contributed by atoms with Gasteiger partial charge < -0.3 is 15.1 Å². The summed E-state index contributed by atoms with van der Waals surface area (Å²) >= 11 is 3.38. The molecule has 2 fully saturated rings. The number of piperidine rings is 1. The van der Waals surface area contributed by atoms with Gasteiger partial charge in [-0.05, 0) is 85.5 Å². The van der Waals surface area contributed by atoms with Crippen molar-refractivity contribution in [2.45, 2.75) is 52.7 Å². The van der Waals surface area contributed by atoms with E-state index in [1.807, 2.05) is 58.3 Å². The maximum absolute atomic E-state index is 14.2. The summed E-state index contributed by atoms with van der Waals surface area (Å²) in [5.74, 6) is 0.701. The Morgan fingerprint density at radius 2 is 1.82 bits per heavy atom. The number of anilines is 1. The Morgan fingerprint density at radius 3 is 2.50 bits per heavy atom. The van der Waals surface area contributed by atoms with Crippen LogP contribution < -0.4 is 5.32 Å². The number of likely N-dealkylation sites (tertiary alicyclic amines) is 1. The lowest BCUT2D eigenvalue weighted by atomic mass is 9.95. The summed E-state index contributed by atoms with van der Waals surface area (Å²) < 4.78 is 2.20. The van der Waals surface area contributed by atoms with Gasteiger partial charge in [-0.3, -0.25) is 19.1 Å². The van der Waals surface area contributed by atoms with E-state index in [4.69, 9.17) is 0 Å². The van der Waals surface area contributed by atoms with E-state index in [-0.39, 0.29) is 47.2 Å². The molecule has 228 valence electrons. The van der Waals surface area contributed by atoms with E-state index in [0.29, 0.717) is 33.6 Å². The molecule has 2 aliphatic rings. The molecule has 12 heteroatoms. The molecule has 6 rings (SSSR count). The number of ketones is 1. The van der Waals surface area contributed by atoms with E-state index in [1.54, 1.807) is 22.0 Å². The van der Waals surface area contributed by atoms with Gasteiger partial charge in [-0.2, -0.15) is 5.10 Å². The minimum Gasteiger partial charge on any atom is -0.325 e. The van der Waals surface area contributed by atoms with Crippen LogP contribution in [0.5, 0.6) is 0 Å². The summed E-state index contributed by atoms with van der Waals surface area (Å²) in [5, 5.41) is 8.22. The van der Waals surface area contributed by atoms with Crippen LogP contribution >= 0.6 is 15.9 Å². The van der Waals surface area contributed by atoms with Gasteiger partial charge in [0.15, 0.2) is 5.78 Å². The van der Waals surface area contributed by atoms with Gasteiger partial charge in [-0.15, -0.1) is 0 Å². The van der Waals surface area contributed by atoms with Crippen LogP contribution in [0, 0.1) is 25.2 Å². The van der Waals surface area contributed by atoms with Crippen LogP contribution in [-0.4, -0.2) is 84.9 Å². The molecule has 1 N–H and O–H groups in total. The number of amides is 2. The second-order valence-electron chi connectivity index (χ2n) is 12.3. The van der Waals surface area contributed by atoms with E-state index < -0.39 is 6.04 Å². The molecule has 0 radical (unpaired) electrons. The molecule has 1 saturated heterocycles. The first kappa shape index (κ1) is 30.0. The number of halogens is 1. The number of hydrogen-bond acceptors (Lipinski definition) is 8. The third-order valence-electron chi connectivity index (χ3n) is 9.06. The molecular weight excluding hydrogens is 624 g/mol. The maximum atomic E-state index is 14.2. The zero-order valence-electron chi connectivity index (χ0n) is 25.6. The zero-order chi connectivity index (χ0) is 31.5. The number of hydrogen-bond donors (Lipinski definition) is 1. The number of benzene rings is 1. The smallest absolute Gasteiger partial charge is 0.248 e. The topological polar surface area (TPSA) is 126 Å². The lowest BCUT2D eigenvalue weighted by molar-refractivity contribution is -0.138. The molecule has 2 amide bonds. The Hall–Kier alpha value is -4.03. The summed E-state index contributed by atoms with van der Waals surface area (Å²) in [6.07, 6.45) is 4.04. The number of aromatic nitrogens is 5. The van der Waals surface area contributed by atoms with Gasteiger partial charge in [0.2, 0.25) is 11.8 Å². The number of carbonyl (C=O) groups excluding carboxylic acids is 3. The fraction of sp³-hybridized carbons (Fsp3) is 0.406. The first-order valence-corrected chi connectivity index (χ1v) is 15.4. The van der Waals surface area contributed by atoms with Gasteiger partial charge in [0.25, 0.3) is 0 Å². The van der Waals surface area contributed by atoms with Crippen molar-refractivity contribution in [1.29, 1.82) is 0 Å². The molecule has 3 aromatic heterocycles. The molecule has 4 atom stereocenters. The molecule has 11 nitrogen and oxygen atoms in total. The normalized spacial score (nSPS) is 22.4. The minimum atomic E-state index is -0.661. The highest BCUT2D eigenvalue weighted by Gasteiger charge is 2.72. The van der Waals surface area contributed by atoms with E-state index >= 15 is 0 Å². The number of Topliss-reactive ketones (excluding diaryl/α,β-unsaturated/α-hetero) is 1. The Bertz CT molecular complexity index is 1800. The lowest BCUT2D eigenvalue weighted by Crippen LogP contribution is -2.47. The highest BCUT2D eigenvalue weighted by atomic mass is 79.9. The van der Waals surface area contributed by atoms with E-state index in [0.717, 1.165) is 23.2 Å². The SMILES string of the molecule is CC(=O)c1nn(CC(=O)N2C3C(C)[C@@]3(CN(C)C)C[C@H]2C(=O)Nc2nc(Br)ccc2C)c2ccc(-c3cnc(C)nc3)cc12. The standard InChI is InChI=1S/C32H35BrN8O3/c1-17-7-10-26(33)36-30(17)37-31(44)25-12-32(16-39(5)6)18(2)29(32)41(25)27(43)15-40-24-9-8-21(22-13-34-20(4)35-14-22)11-23(24)28(38-40)19(3)42/h7-11,13-14,18,25,29H,12,15-16H2,1-6H3,(H,36,37,44)/t18?,25-,29?,32-/m0/s1. The monoisotopic (exact) mass is 658 g/mol. The van der Waals surface area contributed by atoms with Crippen LogP contribution in [-0.2, 0) is 16.1 Å². The number of pyridine rings is 1. The summed E-state index contributed by atoms with van der Waals surface area (Å²) in [6.45, 7) is 7.99. The van der Waals surface area contributed by atoms with Crippen molar-refractivity contribution in [2.75, 3.05) is 26.0 Å². The molecule has 1 aliphatic carbocycles. The Morgan fingerprint density at radius 1 is 1.09 bits per heavy atom. The lowest BCUT2D eigenvalue weighted by Gasteiger charge is -2.28. The van der Waals surface area contributed by atoms with Crippen molar-refractivity contribution in [2.24, 2.45) is 11.3 Å². The number of carbonyl (C=O) groups is 3. The second-order valence-corrected chi connectivity index (χ2v) is 13.1. The van der Waals surface area contributed by atoms with Gasteiger partial charge in [-0.25, -0.2) is 15.0 Å². The third-order valence-corrected chi connectivity index (χ3v) is 9.50. The molecule has 1 aromatic carbocycles. The third kappa shape index (κ3) is 5.19. The fourth-order valence-corrected chi connectivity index (χ4v) is 7.22. The van der Waals surface area contributed by atoms with Gasteiger partial charge >= 0.3 is 0 Å². The van der Waals surface area contributed by atoms with Crippen molar-refractivity contribution < 1.29 is 14.4 Å². The summed E-state index contributed by atoms with van der Waals surface area (Å²) in [7, 11) is 4.03. The first-order chi connectivity index (χ1) is 20.9. The van der Waals surface area contributed by atoms with Crippen LogP contribution in [0.25, 0.3) is 22.0 Å². The van der Waals surface area contributed by atoms with Crippen molar-refractivity contribution in [3.05, 3.63) is 64.4 Å². The summed E-state index contributed by atoms with van der Waals surface area (Å²) in [4.78, 5) is 57.6. The maximum Gasteiger partial charge on any atom is 0.248 e. The van der Waals surface area contributed by atoms with E-state index in [1.165, 1.54) is 6.92 Å². The van der Waals surface area contributed by atoms with Crippen molar-refractivity contribution in [1.82, 2.24) is 34.5 Å². The van der Waals surface area contributed by atoms with E-state index in [9.17, 15) is 14.4 Å². The van der Waals surface area contributed by atoms with Gasteiger partial charge in [0, 0.05) is 48.3 Å². The van der Waals surface area contributed by atoms with Crippen LogP contribution in [0.4, 0.5) is 5.82 Å². The van der Waals surface area contributed by atoms with Crippen molar-refractivity contribution in [3.63, 3.8) is 0 Å². The van der Waals surface area contributed by atoms with Crippen LogP contribution in [0.2, 0.25) is 0 Å². The molecule has 0 spiro atoms. The zero-order valence-corrected chi connectivity index (χ0v) is 27.2. The van der Waals surface area contributed by atoms with Gasteiger partial charge in [-0.1, -0.05) is 19.1 Å². The molecular formula is C32H35BrN8O3. The number of fused-ring (bicyclic) bond motifs is 2. The second kappa shape index (κ2) is 11.2. The number of nitrogens with one attached hydrogen (secondary N) is 1. The average molecular weight is 660 g/mol. The highest BCUT2D eigenvalue weighted by Crippen LogP contribution is 2.64. The van der Waals surface area contributed by atoms with Gasteiger partial charge in [0.05, 0.1) is 5.52 Å². The molecule has 4 heterocycles. The molecule has 1 saturated carbocycles. The number of nitrogens with zero attached hydrogens (tertiary/aromatic N) is 7. The minimum absolute atomic E-state index is 0.0769. The van der Waals surface area contributed by atoms with Gasteiger partial charge in [0.1, 0.15) is 34.5 Å². The first-order valence-electron chi connectivity index (χ1n) is 14.6. The highest BCUT2D eigenvalue weighted by molar-refractivity contribution is 9.10.